The Morgan fingerprint density at radius 3 is 2.29 bits per heavy atom. The third kappa shape index (κ3) is 7.29. The Labute approximate surface area is 231 Å². The Kier molecular flexibility index (Phi) is 9.45. The minimum Gasteiger partial charge on any atom is -0.490 e. The van der Waals surface area contributed by atoms with Gasteiger partial charge in [-0.15, -0.1) is 0 Å². The summed E-state index contributed by atoms with van der Waals surface area (Å²) in [5, 5.41) is 5.62. The molecular formula is C26H30Cl2N4O6. The van der Waals surface area contributed by atoms with E-state index in [0.29, 0.717) is 30.3 Å². The zero-order chi connectivity index (χ0) is 28.0. The fourth-order valence-corrected chi connectivity index (χ4v) is 3.79. The zero-order valence-corrected chi connectivity index (χ0v) is 23.5. The molecule has 2 heterocycles. The average molecular weight is 565 g/mol. The maximum Gasteiger partial charge on any atom is 0.408 e. The van der Waals surface area contributed by atoms with Gasteiger partial charge in [0.2, 0.25) is 5.89 Å². The van der Waals surface area contributed by atoms with Crippen molar-refractivity contribution in [2.24, 2.45) is 0 Å². The molecule has 2 N–H and O–H groups in total. The number of benzene rings is 1. The Morgan fingerprint density at radius 1 is 1.05 bits per heavy atom. The number of hydrogen-bond acceptors (Lipinski definition) is 8. The van der Waals surface area contributed by atoms with Crippen LogP contribution in [0.3, 0.4) is 0 Å². The number of aromatic nitrogens is 2. The second kappa shape index (κ2) is 12.4. The molecule has 2 amide bonds. The topological polar surface area (TPSA) is 125 Å². The molecule has 3 aromatic rings. The molecule has 3 rings (SSSR count). The minimum absolute atomic E-state index is 0.0229. The van der Waals surface area contributed by atoms with Gasteiger partial charge in [0, 0.05) is 23.5 Å². The van der Waals surface area contributed by atoms with Crippen LogP contribution in [0.25, 0.3) is 11.5 Å². The van der Waals surface area contributed by atoms with Crippen LogP contribution < -0.4 is 20.1 Å². The molecule has 0 saturated heterocycles. The van der Waals surface area contributed by atoms with Gasteiger partial charge in [0.15, 0.2) is 29.1 Å². The number of amides is 2. The van der Waals surface area contributed by atoms with Gasteiger partial charge in [-0.1, -0.05) is 23.2 Å². The fourth-order valence-electron chi connectivity index (χ4n) is 3.33. The molecule has 0 aliphatic heterocycles. The molecule has 0 aliphatic rings. The second-order valence-corrected chi connectivity index (χ2v) is 9.93. The normalized spacial score (nSPS) is 12.0. The number of carbonyl (C=O) groups is 2. The van der Waals surface area contributed by atoms with Crippen LogP contribution >= 0.6 is 23.2 Å². The van der Waals surface area contributed by atoms with Crippen molar-refractivity contribution in [1.29, 1.82) is 0 Å². The van der Waals surface area contributed by atoms with Crippen LogP contribution in [0.1, 0.15) is 63.9 Å². The molecule has 0 spiro atoms. The maximum absolute atomic E-state index is 13.3. The van der Waals surface area contributed by atoms with Crippen LogP contribution in [0, 0.1) is 0 Å². The lowest BCUT2D eigenvalue weighted by Gasteiger charge is -2.21. The van der Waals surface area contributed by atoms with Gasteiger partial charge < -0.3 is 29.3 Å². The van der Waals surface area contributed by atoms with Gasteiger partial charge in [0.05, 0.1) is 28.9 Å². The summed E-state index contributed by atoms with van der Waals surface area (Å²) < 4.78 is 22.8. The monoisotopic (exact) mass is 564 g/mol. The number of pyridine rings is 1. The lowest BCUT2D eigenvalue weighted by Crippen LogP contribution is -2.41. The number of ether oxygens (including phenoxy) is 3. The molecule has 0 saturated carbocycles. The predicted molar refractivity (Wildman–Crippen MR) is 144 cm³/mol. The highest BCUT2D eigenvalue weighted by Crippen LogP contribution is 2.36. The smallest absolute Gasteiger partial charge is 0.408 e. The van der Waals surface area contributed by atoms with E-state index in [0.717, 1.165) is 0 Å². The van der Waals surface area contributed by atoms with Gasteiger partial charge in [0.1, 0.15) is 0 Å². The minimum atomic E-state index is -0.975. The third-order valence-electron chi connectivity index (χ3n) is 4.88. The van der Waals surface area contributed by atoms with E-state index < -0.39 is 23.6 Å². The molecule has 38 heavy (non-hydrogen) atoms. The first-order chi connectivity index (χ1) is 17.9. The van der Waals surface area contributed by atoms with Crippen molar-refractivity contribution in [1.82, 2.24) is 15.3 Å². The van der Waals surface area contributed by atoms with E-state index in [9.17, 15) is 9.59 Å². The molecule has 12 heteroatoms. The summed E-state index contributed by atoms with van der Waals surface area (Å²) in [4.78, 5) is 34.1. The third-order valence-corrected chi connectivity index (χ3v) is 5.45. The molecule has 0 bridgehead atoms. The van der Waals surface area contributed by atoms with E-state index in [4.69, 9.17) is 41.8 Å². The predicted octanol–water partition coefficient (Wildman–Crippen LogP) is 6.68. The summed E-state index contributed by atoms with van der Waals surface area (Å²) in [6, 6.07) is 5.14. The van der Waals surface area contributed by atoms with Crippen molar-refractivity contribution in [2.45, 2.75) is 53.2 Å². The summed E-state index contributed by atoms with van der Waals surface area (Å²) in [7, 11) is 0. The number of anilines is 1. The molecule has 0 radical (unpaired) electrons. The quantitative estimate of drug-likeness (QED) is 0.295. The Bertz CT molecular complexity index is 1290. The number of nitrogens with zero attached hydrogens (tertiary/aromatic N) is 2. The Hall–Kier alpha value is -3.50. The summed E-state index contributed by atoms with van der Waals surface area (Å²) in [5.74, 6) is 0.497. The van der Waals surface area contributed by atoms with Crippen LogP contribution in [0.15, 0.2) is 35.0 Å². The Morgan fingerprint density at radius 2 is 1.68 bits per heavy atom. The number of rotatable bonds is 9. The van der Waals surface area contributed by atoms with E-state index in [2.05, 4.69) is 20.6 Å². The summed E-state index contributed by atoms with van der Waals surface area (Å²) in [6.07, 6.45) is 1.03. The van der Waals surface area contributed by atoms with Gasteiger partial charge in [-0.25, -0.2) is 9.78 Å². The van der Waals surface area contributed by atoms with E-state index in [1.165, 1.54) is 12.4 Å². The van der Waals surface area contributed by atoms with Crippen molar-refractivity contribution in [3.8, 4) is 23.0 Å². The second-order valence-electron chi connectivity index (χ2n) is 9.11. The van der Waals surface area contributed by atoms with Crippen molar-refractivity contribution >= 4 is 40.9 Å². The van der Waals surface area contributed by atoms with Crippen molar-refractivity contribution < 1.29 is 28.2 Å². The molecule has 2 aromatic heterocycles. The highest BCUT2D eigenvalue weighted by molar-refractivity contribution is 6.39. The van der Waals surface area contributed by atoms with E-state index in [1.54, 1.807) is 25.1 Å². The molecule has 1 aromatic carbocycles. The molecule has 0 unspecified atom stereocenters. The number of alkyl carbamates (subject to hydrolysis) is 1. The largest absolute Gasteiger partial charge is 0.490 e. The fraction of sp³-hybridized carbons (Fsp3) is 0.385. The van der Waals surface area contributed by atoms with Crippen molar-refractivity contribution in [3.63, 3.8) is 0 Å². The first kappa shape index (κ1) is 29.1. The summed E-state index contributed by atoms with van der Waals surface area (Å²) in [6.45, 7) is 11.6. The van der Waals surface area contributed by atoms with Crippen LogP contribution in [-0.4, -0.2) is 40.7 Å². The van der Waals surface area contributed by atoms with Gasteiger partial charge in [0.25, 0.3) is 5.91 Å². The SMILES string of the molecule is CCOc1ccc(-c2nc(C(=O)Nc3c(Cl)cncc3Cl)c([C@H](C)OC(=O)NC(C)(C)C)o2)cc1OCC. The van der Waals surface area contributed by atoms with E-state index in [-0.39, 0.29) is 33.1 Å². The highest BCUT2D eigenvalue weighted by atomic mass is 35.5. The van der Waals surface area contributed by atoms with Crippen LogP contribution in [0.2, 0.25) is 10.0 Å². The standard InChI is InChI=1S/C26H30Cl2N4O6/c1-7-35-18-10-9-15(11-19(18)36-8-2)24-31-21(23(33)30-20-16(27)12-29-13-17(20)28)22(38-24)14(3)37-25(34)32-26(4,5)6/h9-14H,7-8H2,1-6H3,(H,32,34)(H,29,30,33)/t14-/m0/s1. The average Bonchev–Trinajstić information content (AvgIpc) is 3.27. The van der Waals surface area contributed by atoms with E-state index in [1.807, 2.05) is 34.6 Å². The number of carbonyl (C=O) groups excluding carboxylic acids is 2. The highest BCUT2D eigenvalue weighted by Gasteiger charge is 2.29. The lowest BCUT2D eigenvalue weighted by atomic mass is 10.1. The zero-order valence-electron chi connectivity index (χ0n) is 22.0. The number of oxazole rings is 1. The molecule has 0 aliphatic carbocycles. The van der Waals surface area contributed by atoms with Gasteiger partial charge >= 0.3 is 6.09 Å². The van der Waals surface area contributed by atoms with Crippen LogP contribution in [0.4, 0.5) is 10.5 Å². The Balaban J connectivity index is 2.03. The van der Waals surface area contributed by atoms with Gasteiger partial charge in [-0.2, -0.15) is 0 Å². The first-order valence-electron chi connectivity index (χ1n) is 11.9. The number of hydrogen-bond donors (Lipinski definition) is 2. The summed E-state index contributed by atoms with van der Waals surface area (Å²) >= 11 is 12.3. The summed E-state index contributed by atoms with van der Waals surface area (Å²) in [5.41, 5.74) is 0.0223. The molecule has 204 valence electrons. The first-order valence-corrected chi connectivity index (χ1v) is 12.7. The maximum atomic E-state index is 13.3. The molecule has 0 fully saturated rings. The number of halogens is 2. The number of nitrogens with one attached hydrogen (secondary N) is 2. The van der Waals surface area contributed by atoms with Crippen molar-refractivity contribution in [3.05, 3.63) is 52.1 Å². The van der Waals surface area contributed by atoms with Crippen LogP contribution in [0.5, 0.6) is 11.5 Å². The lowest BCUT2D eigenvalue weighted by molar-refractivity contribution is 0.0860. The molecular weight excluding hydrogens is 535 g/mol. The van der Waals surface area contributed by atoms with Crippen molar-refractivity contribution in [2.75, 3.05) is 18.5 Å². The molecule has 10 nitrogen and oxygen atoms in total. The van der Waals surface area contributed by atoms with E-state index >= 15 is 0 Å². The molecule has 1 atom stereocenters. The van der Waals surface area contributed by atoms with Gasteiger partial charge in [-0.3, -0.25) is 9.78 Å². The van der Waals surface area contributed by atoms with Gasteiger partial charge in [-0.05, 0) is 59.7 Å². The van der Waals surface area contributed by atoms with Crippen LogP contribution in [-0.2, 0) is 4.74 Å².